The van der Waals surface area contributed by atoms with Gasteiger partial charge in [-0.15, -0.1) is 0 Å². The first kappa shape index (κ1) is 17.4. The van der Waals surface area contributed by atoms with E-state index < -0.39 is 0 Å². The Bertz CT molecular complexity index is 850. The molecule has 3 aromatic rings. The van der Waals surface area contributed by atoms with E-state index in [-0.39, 0.29) is 5.82 Å². The van der Waals surface area contributed by atoms with Gasteiger partial charge < -0.3 is 9.88 Å². The molecule has 0 unspecified atom stereocenters. The maximum atomic E-state index is 14.6. The Balaban J connectivity index is 2.24. The molecule has 4 heteroatoms. The van der Waals surface area contributed by atoms with Crippen molar-refractivity contribution < 1.29 is 4.39 Å². The molecule has 130 valence electrons. The van der Waals surface area contributed by atoms with Crippen LogP contribution in [0, 0.1) is 5.82 Å². The first-order chi connectivity index (χ1) is 12.2. The second-order valence-corrected chi connectivity index (χ2v) is 6.08. The summed E-state index contributed by atoms with van der Waals surface area (Å²) >= 11 is 0. The van der Waals surface area contributed by atoms with Crippen molar-refractivity contribution in [2.75, 3.05) is 7.05 Å². The molecule has 0 saturated heterocycles. The zero-order valence-electron chi connectivity index (χ0n) is 15.0. The molecule has 0 radical (unpaired) electrons. The third-order valence-electron chi connectivity index (χ3n) is 4.50. The van der Waals surface area contributed by atoms with Crippen LogP contribution in [0.2, 0.25) is 0 Å². The number of rotatable bonds is 6. The molecule has 0 fully saturated rings. The van der Waals surface area contributed by atoms with E-state index in [9.17, 15) is 4.39 Å². The zero-order valence-corrected chi connectivity index (χ0v) is 15.0. The predicted octanol–water partition coefficient (Wildman–Crippen LogP) is 4.52. The summed E-state index contributed by atoms with van der Waals surface area (Å²) in [5.74, 6) is -0.203. The summed E-state index contributed by atoms with van der Waals surface area (Å²) in [6.45, 7) is 4.95. The van der Waals surface area contributed by atoms with E-state index in [4.69, 9.17) is 0 Å². The van der Waals surface area contributed by atoms with E-state index in [2.05, 4.69) is 41.0 Å². The van der Waals surface area contributed by atoms with Gasteiger partial charge in [0, 0.05) is 24.0 Å². The Kier molecular flexibility index (Phi) is 5.29. The molecule has 3 rings (SSSR count). The second-order valence-electron chi connectivity index (χ2n) is 6.08. The number of hydrogen-bond donors (Lipinski definition) is 1. The van der Waals surface area contributed by atoms with Gasteiger partial charge in [-0.05, 0) is 55.3 Å². The number of benzene rings is 1. The standard InChI is InChI=1S/C21H24FN3/c1-4-16-10-11-17(13-24-16)25-14-15(12-23-3)18(5-2)21(25)19-8-6-7-9-20(19)22/h6-11,13-14,23H,4-5,12H2,1-3H3. The number of halogens is 1. The van der Waals surface area contributed by atoms with Crippen LogP contribution in [-0.2, 0) is 19.4 Å². The van der Waals surface area contributed by atoms with Crippen LogP contribution >= 0.6 is 0 Å². The molecule has 2 heterocycles. The van der Waals surface area contributed by atoms with Crippen molar-refractivity contribution in [3.63, 3.8) is 0 Å². The van der Waals surface area contributed by atoms with Gasteiger partial charge in [0.15, 0.2) is 0 Å². The van der Waals surface area contributed by atoms with Crippen molar-refractivity contribution in [3.8, 4) is 16.9 Å². The van der Waals surface area contributed by atoms with Gasteiger partial charge in [-0.3, -0.25) is 4.98 Å². The minimum absolute atomic E-state index is 0.203. The van der Waals surface area contributed by atoms with Crippen LogP contribution in [-0.4, -0.2) is 16.6 Å². The van der Waals surface area contributed by atoms with Crippen molar-refractivity contribution in [2.24, 2.45) is 0 Å². The van der Waals surface area contributed by atoms with Gasteiger partial charge in [-0.1, -0.05) is 26.0 Å². The maximum absolute atomic E-state index is 14.6. The molecule has 0 atom stereocenters. The SMILES string of the molecule is CCc1ccc(-n2cc(CNC)c(CC)c2-c2ccccc2F)cn1. The molecule has 0 spiro atoms. The van der Waals surface area contributed by atoms with Crippen LogP contribution in [0.15, 0.2) is 48.8 Å². The molecule has 25 heavy (non-hydrogen) atoms. The normalized spacial score (nSPS) is 11.0. The third-order valence-corrected chi connectivity index (χ3v) is 4.50. The highest BCUT2D eigenvalue weighted by Gasteiger charge is 2.19. The summed E-state index contributed by atoms with van der Waals surface area (Å²) in [7, 11) is 1.93. The Morgan fingerprint density at radius 1 is 1.08 bits per heavy atom. The lowest BCUT2D eigenvalue weighted by Gasteiger charge is -2.12. The van der Waals surface area contributed by atoms with Crippen LogP contribution in [0.3, 0.4) is 0 Å². The van der Waals surface area contributed by atoms with Crippen molar-refractivity contribution in [1.29, 1.82) is 0 Å². The number of aromatic nitrogens is 2. The van der Waals surface area contributed by atoms with Crippen LogP contribution in [0.5, 0.6) is 0 Å². The highest BCUT2D eigenvalue weighted by atomic mass is 19.1. The van der Waals surface area contributed by atoms with Gasteiger partial charge >= 0.3 is 0 Å². The monoisotopic (exact) mass is 337 g/mol. The molecule has 0 amide bonds. The highest BCUT2D eigenvalue weighted by molar-refractivity contribution is 5.69. The molecule has 0 saturated carbocycles. The smallest absolute Gasteiger partial charge is 0.132 e. The number of pyridine rings is 1. The Labute approximate surface area is 148 Å². The van der Waals surface area contributed by atoms with Gasteiger partial charge in [0.25, 0.3) is 0 Å². The van der Waals surface area contributed by atoms with Gasteiger partial charge in [0.2, 0.25) is 0 Å². The fourth-order valence-electron chi connectivity index (χ4n) is 3.25. The summed E-state index contributed by atoms with van der Waals surface area (Å²) < 4.78 is 16.6. The summed E-state index contributed by atoms with van der Waals surface area (Å²) in [5.41, 5.74) is 5.89. The minimum Gasteiger partial charge on any atom is -0.316 e. The topological polar surface area (TPSA) is 29.9 Å². The quantitative estimate of drug-likeness (QED) is 0.716. The predicted molar refractivity (Wildman–Crippen MR) is 100 cm³/mol. The number of nitrogens with one attached hydrogen (secondary N) is 1. The second kappa shape index (κ2) is 7.62. The largest absolute Gasteiger partial charge is 0.316 e. The van der Waals surface area contributed by atoms with E-state index in [1.807, 2.05) is 31.4 Å². The molecule has 1 aromatic carbocycles. The highest BCUT2D eigenvalue weighted by Crippen LogP contribution is 2.33. The van der Waals surface area contributed by atoms with Gasteiger partial charge in [-0.25, -0.2) is 4.39 Å². The van der Waals surface area contributed by atoms with E-state index in [0.29, 0.717) is 5.56 Å². The molecule has 1 N–H and O–H groups in total. The summed E-state index contributed by atoms with van der Waals surface area (Å²) in [6, 6.07) is 11.1. The molecule has 0 aliphatic heterocycles. The van der Waals surface area contributed by atoms with Gasteiger partial charge in [0.05, 0.1) is 17.6 Å². The zero-order chi connectivity index (χ0) is 17.8. The van der Waals surface area contributed by atoms with E-state index in [0.717, 1.165) is 36.5 Å². The van der Waals surface area contributed by atoms with Crippen LogP contribution in [0.25, 0.3) is 16.9 Å². The molecular weight excluding hydrogens is 313 g/mol. The van der Waals surface area contributed by atoms with Crippen molar-refractivity contribution in [2.45, 2.75) is 33.2 Å². The van der Waals surface area contributed by atoms with Gasteiger partial charge in [-0.2, -0.15) is 0 Å². The Hall–Kier alpha value is -2.46. The number of nitrogens with zero attached hydrogens (tertiary/aromatic N) is 2. The lowest BCUT2D eigenvalue weighted by Crippen LogP contribution is -2.06. The average Bonchev–Trinajstić information content (AvgIpc) is 3.00. The molecular formula is C21H24FN3. The lowest BCUT2D eigenvalue weighted by atomic mass is 10.0. The molecule has 3 nitrogen and oxygen atoms in total. The maximum Gasteiger partial charge on any atom is 0.132 e. The molecule has 2 aromatic heterocycles. The fraction of sp³-hybridized carbons (Fsp3) is 0.286. The Morgan fingerprint density at radius 3 is 2.48 bits per heavy atom. The van der Waals surface area contributed by atoms with Crippen molar-refractivity contribution in [3.05, 3.63) is 71.4 Å². The van der Waals surface area contributed by atoms with Crippen LogP contribution in [0.1, 0.15) is 30.7 Å². The molecule has 0 bridgehead atoms. The van der Waals surface area contributed by atoms with Crippen LogP contribution in [0.4, 0.5) is 4.39 Å². The van der Waals surface area contributed by atoms with E-state index >= 15 is 0 Å². The summed E-state index contributed by atoms with van der Waals surface area (Å²) in [4.78, 5) is 4.51. The summed E-state index contributed by atoms with van der Waals surface area (Å²) in [5, 5.41) is 3.21. The first-order valence-electron chi connectivity index (χ1n) is 8.77. The lowest BCUT2D eigenvalue weighted by molar-refractivity contribution is 0.630. The number of hydrogen-bond acceptors (Lipinski definition) is 2. The van der Waals surface area contributed by atoms with Crippen LogP contribution < -0.4 is 5.32 Å². The molecule has 0 aliphatic carbocycles. The molecule has 0 aliphatic rings. The third kappa shape index (κ3) is 3.35. The Morgan fingerprint density at radius 2 is 1.88 bits per heavy atom. The van der Waals surface area contributed by atoms with Gasteiger partial charge in [0.1, 0.15) is 5.82 Å². The number of aryl methyl sites for hydroxylation is 1. The van der Waals surface area contributed by atoms with E-state index in [1.165, 1.54) is 17.2 Å². The van der Waals surface area contributed by atoms with Crippen molar-refractivity contribution in [1.82, 2.24) is 14.9 Å². The fourth-order valence-corrected chi connectivity index (χ4v) is 3.25. The minimum atomic E-state index is -0.203. The van der Waals surface area contributed by atoms with Crippen molar-refractivity contribution >= 4 is 0 Å². The van der Waals surface area contributed by atoms with E-state index in [1.54, 1.807) is 6.07 Å². The first-order valence-corrected chi connectivity index (χ1v) is 8.77. The average molecular weight is 337 g/mol. The summed E-state index contributed by atoms with van der Waals surface area (Å²) in [6.07, 6.45) is 5.71.